The van der Waals surface area contributed by atoms with Crippen LogP contribution < -0.4 is 25.6 Å². The number of pyridine rings is 1. The number of halogens is 2. The van der Waals surface area contributed by atoms with E-state index in [1.807, 2.05) is 19.1 Å². The number of fused-ring (bicyclic) bond motifs is 11. The van der Waals surface area contributed by atoms with Gasteiger partial charge in [0.25, 0.3) is 0 Å². The van der Waals surface area contributed by atoms with E-state index in [0.29, 0.717) is 53.8 Å². The standard InChI is InChI=1S/C22H30O4.C20H22N4O2S.C18H18N4O2S.C17H14F2N2.C16H24O4/c1-13-7-6-8-18-21(13,3)10-9-14(2)22(18,4)12-15-19(24)16(23)11-17(26-5)20(15)25;1-26-16-10-13(8-9-15(16)25)11-23-24-19-18-14-6-4-2-3-5-7-17(14)27-20(18)22-12-21-19;1-24-14-8-11(6-7-13(14)23)9-21-22-17-16-12-4-2-3-5-15(12)25-18(16)20-10-19-17;18-11-7-14-12-4-1-5-13(12)16(10-3-2-6-20-9-10)21-17(14)15(19)8-11;1-11-5-3-2-4-6-12-9-13(17)10-14(12)15(18)7-8-16(19)20-11/h11,14,18,24H,1,6-10,12H2,2-5H3;8-12,25H,2-7H2,1H3,(H,21,22,24);6-10,23H,2-5H2,1H3,(H,19,20,22);1-4,6-9,12-13,16,21H,5H2;4,6-8,11-15,17-18H,2-3,5,9-10H2,1H3/b;23-11+;21-9+;;6-4+,8-7+/t14-,18+,21+,22+;;;12-,13+,16?;11-,12+,13-,14-,15+/m0..10/s1. The van der Waals surface area contributed by atoms with Crippen molar-refractivity contribution in [3.63, 3.8) is 0 Å². The van der Waals surface area contributed by atoms with E-state index in [9.17, 15) is 48.7 Å². The number of ketones is 2. The van der Waals surface area contributed by atoms with Crippen molar-refractivity contribution in [3.8, 4) is 23.0 Å². The van der Waals surface area contributed by atoms with Crippen molar-refractivity contribution in [1.29, 1.82) is 0 Å². The third kappa shape index (κ3) is 19.8. The van der Waals surface area contributed by atoms with E-state index in [-0.39, 0.29) is 81.4 Å². The highest BCUT2D eigenvalue weighted by Gasteiger charge is 2.55. The first kappa shape index (κ1) is 86.3. The smallest absolute Gasteiger partial charge is 0.330 e. The molecule has 9 aliphatic rings. The molecule has 0 bridgehead atoms. The van der Waals surface area contributed by atoms with E-state index in [4.69, 9.17) is 18.9 Å². The van der Waals surface area contributed by atoms with Gasteiger partial charge in [0.05, 0.1) is 74.6 Å². The number of aliphatic hydroxyl groups is 3. The number of aromatic hydroxyl groups is 2. The lowest BCUT2D eigenvalue weighted by Crippen LogP contribution is -2.50. The molecule has 628 valence electrons. The second kappa shape index (κ2) is 39.1. The van der Waals surface area contributed by atoms with Gasteiger partial charge in [-0.1, -0.05) is 76.1 Å². The van der Waals surface area contributed by atoms with E-state index >= 15 is 0 Å². The van der Waals surface area contributed by atoms with Crippen molar-refractivity contribution < 1.29 is 67.6 Å². The number of phenolic OH excluding ortho intramolecular Hbond substituents is 2. The Bertz CT molecular complexity index is 5240. The molecule has 5 aromatic heterocycles. The third-order valence-corrected chi connectivity index (χ3v) is 27.8. The van der Waals surface area contributed by atoms with Gasteiger partial charge in [0.1, 0.15) is 33.9 Å². The van der Waals surface area contributed by atoms with Crippen LogP contribution in [-0.2, 0) is 49.5 Å². The zero-order valence-corrected chi connectivity index (χ0v) is 70.2. The maximum atomic E-state index is 14.1. The summed E-state index contributed by atoms with van der Waals surface area (Å²) in [4.78, 5) is 63.3. The number of aryl methyl sites for hydroxylation is 4. The molecule has 7 heterocycles. The largest absolute Gasteiger partial charge is 0.504 e. The molecule has 8 N–H and O–H groups in total. The number of nitrogens with zero attached hydrogens (tertiary/aromatic N) is 7. The fourth-order valence-electron chi connectivity index (χ4n) is 18.8. The van der Waals surface area contributed by atoms with Crippen molar-refractivity contribution in [3.05, 3.63) is 212 Å². The van der Waals surface area contributed by atoms with Gasteiger partial charge < -0.3 is 49.8 Å². The number of thiophene rings is 2. The molecular formula is C93H108F2N10O12S2. The molecule has 1 unspecified atom stereocenters. The summed E-state index contributed by atoms with van der Waals surface area (Å²) in [5, 5.41) is 63.8. The number of aliphatic hydroxyl groups excluding tert-OH is 3. The van der Waals surface area contributed by atoms with Crippen molar-refractivity contribution in [2.75, 3.05) is 37.5 Å². The summed E-state index contributed by atoms with van der Waals surface area (Å²) in [6.07, 6.45) is 43.9. The number of aromatic nitrogens is 5. The molecule has 8 aromatic rings. The summed E-state index contributed by atoms with van der Waals surface area (Å²) in [5.74, 6) is 1.05. The monoisotopic (exact) mass is 1660 g/mol. The fourth-order valence-corrected chi connectivity index (χ4v) is 21.3. The Hall–Kier alpha value is -10.5. The van der Waals surface area contributed by atoms with E-state index in [1.54, 1.807) is 96.5 Å². The number of hydrazone groups is 2. The predicted octanol–water partition coefficient (Wildman–Crippen LogP) is 19.1. The summed E-state index contributed by atoms with van der Waals surface area (Å²) in [7, 11) is 4.42. The van der Waals surface area contributed by atoms with Crippen LogP contribution in [0.2, 0.25) is 0 Å². The van der Waals surface area contributed by atoms with Crippen LogP contribution in [0.25, 0.3) is 20.4 Å². The number of carbonyl (C=O) groups is 3. The predicted molar refractivity (Wildman–Crippen MR) is 462 cm³/mol. The summed E-state index contributed by atoms with van der Waals surface area (Å²) in [5.41, 5.74) is 14.1. The van der Waals surface area contributed by atoms with Crippen LogP contribution in [0.5, 0.6) is 23.0 Å². The molecule has 0 radical (unpaired) electrons. The Kier molecular flexibility index (Phi) is 28.4. The number of phenols is 2. The topological polar surface area (TPSA) is 315 Å². The molecule has 0 saturated heterocycles. The van der Waals surface area contributed by atoms with Gasteiger partial charge in [-0.3, -0.25) is 25.4 Å². The molecule has 17 rings (SSSR count). The number of allylic oxidation sites excluding steroid dienone is 7. The maximum Gasteiger partial charge on any atom is 0.330 e. The zero-order chi connectivity index (χ0) is 84.1. The highest BCUT2D eigenvalue weighted by Crippen LogP contribution is 2.63. The summed E-state index contributed by atoms with van der Waals surface area (Å²) in [6.45, 7) is 13.0. The molecule has 7 aliphatic carbocycles. The molecule has 26 heteroatoms. The average Bonchev–Trinajstić information content (AvgIpc) is 1.72. The highest BCUT2D eigenvalue weighted by molar-refractivity contribution is 7.19. The minimum Gasteiger partial charge on any atom is -0.504 e. The number of Topliss-reactive ketones (excluding diaryl/α,β-unsaturated/α-hetero) is 1. The van der Waals surface area contributed by atoms with E-state index in [0.717, 1.165) is 144 Å². The van der Waals surface area contributed by atoms with Crippen LogP contribution in [0.4, 0.5) is 26.1 Å². The third-order valence-electron chi connectivity index (χ3n) is 25.4. The van der Waals surface area contributed by atoms with E-state index in [1.165, 1.54) is 105 Å². The van der Waals surface area contributed by atoms with Crippen molar-refractivity contribution in [1.82, 2.24) is 24.9 Å². The first-order valence-electron chi connectivity index (χ1n) is 41.5. The number of esters is 1. The zero-order valence-electron chi connectivity index (χ0n) is 68.6. The number of benzene rings is 3. The fraction of sp³-hybridized carbons (Fsp3) is 0.441. The normalized spacial score (nSPS) is 26.4. The van der Waals surface area contributed by atoms with Crippen LogP contribution in [-0.4, -0.2) is 120 Å². The Morgan fingerprint density at radius 3 is 1.98 bits per heavy atom. The Morgan fingerprint density at radius 2 is 1.35 bits per heavy atom. The number of anilines is 3. The highest BCUT2D eigenvalue weighted by atomic mass is 32.1. The van der Waals surface area contributed by atoms with E-state index in [2.05, 4.69) is 103 Å². The van der Waals surface area contributed by atoms with Gasteiger partial charge in [-0.25, -0.2) is 33.5 Å². The van der Waals surface area contributed by atoms with Gasteiger partial charge in [0, 0.05) is 51.9 Å². The number of hydrogen-bond donors (Lipinski definition) is 8. The van der Waals surface area contributed by atoms with Gasteiger partial charge in [-0.05, 0) is 264 Å². The quantitative estimate of drug-likeness (QED) is 0.0185. The summed E-state index contributed by atoms with van der Waals surface area (Å²) < 4.78 is 48.2. The molecule has 0 amide bonds. The van der Waals surface area contributed by atoms with Crippen LogP contribution in [0, 0.1) is 52.1 Å². The molecule has 3 aromatic carbocycles. The number of methoxy groups -OCH3 is 3. The SMILES string of the molecule is C=C1CCC[C@H]2[C@](C)(CC3=C(O)C(=O)C=C(OC)C3=O)[C@@H](C)CC[C@]12C.COc1cc(/C=N/Nc2ncnc3sc4c(c23)CCCC4)ccc1O.COc1cc(/C=N/Nc2ncnc3sc4c(c23)CCCCCC4)ccc1O.C[C@H]1CCC/C=C/[C@@H]2C[C@H](O)C[C@@H]2[C@H](O)/C=C/C(=O)O1.Fc1cc(F)c2c(c1)[C@@H]1C=CC[C@@H]1C(c1cccnc1)N2. The molecule has 22 nitrogen and oxygen atoms in total. The lowest BCUT2D eigenvalue weighted by Gasteiger charge is -2.59. The van der Waals surface area contributed by atoms with Gasteiger partial charge in [-0.15, -0.1) is 22.7 Å². The summed E-state index contributed by atoms with van der Waals surface area (Å²) in [6, 6.07) is 16.4. The average molecular weight is 1660 g/mol. The Labute approximate surface area is 701 Å². The van der Waals surface area contributed by atoms with Crippen LogP contribution in [0.3, 0.4) is 0 Å². The molecule has 119 heavy (non-hydrogen) atoms. The lowest BCUT2D eigenvalue weighted by molar-refractivity contribution is -0.142. The lowest BCUT2D eigenvalue weighted by atomic mass is 9.46. The molecule has 3 saturated carbocycles. The number of hydrogen-bond acceptors (Lipinski definition) is 24. The van der Waals surface area contributed by atoms with Gasteiger partial charge in [-0.2, -0.15) is 10.2 Å². The first-order valence-corrected chi connectivity index (χ1v) is 43.1. The maximum absolute atomic E-state index is 14.1. The molecule has 3 fully saturated rings. The minimum absolute atomic E-state index is 0.00818. The van der Waals surface area contributed by atoms with Crippen molar-refractivity contribution in [2.24, 2.45) is 50.6 Å². The van der Waals surface area contributed by atoms with Crippen molar-refractivity contribution in [2.45, 2.75) is 199 Å². The number of carbonyl (C=O) groups excluding carboxylic acids is 3. The number of cyclic esters (lactones) is 1. The molecule has 0 spiro atoms. The number of nitrogens with one attached hydrogen (secondary N) is 3. The molecule has 12 atom stereocenters. The van der Waals surface area contributed by atoms with Crippen LogP contribution in [0.15, 0.2) is 168 Å². The molecular weight excluding hydrogens is 1550 g/mol. The van der Waals surface area contributed by atoms with Gasteiger partial charge >= 0.3 is 5.97 Å². The summed E-state index contributed by atoms with van der Waals surface area (Å²) >= 11 is 3.55. The van der Waals surface area contributed by atoms with E-state index < -0.39 is 35.3 Å². The molecule has 2 aliphatic heterocycles. The minimum atomic E-state index is -0.717. The van der Waals surface area contributed by atoms with Crippen LogP contribution in [0.1, 0.15) is 198 Å². The van der Waals surface area contributed by atoms with Gasteiger partial charge in [0.2, 0.25) is 11.6 Å². The first-order chi connectivity index (χ1) is 57.5. The number of rotatable bonds is 12. The van der Waals surface area contributed by atoms with Gasteiger partial charge in [0.15, 0.2) is 46.2 Å². The Balaban J connectivity index is 0.000000129. The second-order valence-electron chi connectivity index (χ2n) is 32.9. The van der Waals surface area contributed by atoms with Crippen LogP contribution >= 0.6 is 22.7 Å². The number of ether oxygens (including phenoxy) is 4. The second-order valence-corrected chi connectivity index (χ2v) is 35.0. The van der Waals surface area contributed by atoms with Crippen molar-refractivity contribution >= 4 is 90.4 Å². The Morgan fingerprint density at radius 1 is 0.714 bits per heavy atom.